The number of aromatic nitrogens is 4. The Morgan fingerprint density at radius 1 is 1.10 bits per heavy atom. The molecule has 1 N–H and O–H groups in total. The van der Waals surface area contributed by atoms with Crippen molar-refractivity contribution in [2.24, 2.45) is 0 Å². The van der Waals surface area contributed by atoms with Gasteiger partial charge in [-0.05, 0) is 24.1 Å². The van der Waals surface area contributed by atoms with Crippen LogP contribution in [0.3, 0.4) is 0 Å². The molecule has 2 heterocycles. The summed E-state index contributed by atoms with van der Waals surface area (Å²) < 4.78 is 2.03. The number of carbonyl (C=O) groups is 1. The molecule has 30 heavy (non-hydrogen) atoms. The summed E-state index contributed by atoms with van der Waals surface area (Å²) in [7, 11) is 0. The van der Waals surface area contributed by atoms with Gasteiger partial charge in [-0.15, -0.1) is 0 Å². The second-order valence-electron chi connectivity index (χ2n) is 8.61. The smallest absolute Gasteiger partial charge is 0.336 e. The number of carboxylic acid groups (broad SMARTS) is 1. The van der Waals surface area contributed by atoms with Crippen molar-refractivity contribution in [3.8, 4) is 11.3 Å². The summed E-state index contributed by atoms with van der Waals surface area (Å²) in [6.07, 6.45) is 5.86. The summed E-state index contributed by atoms with van der Waals surface area (Å²) in [4.78, 5) is 20.8. The minimum atomic E-state index is -0.952. The zero-order valence-electron chi connectivity index (χ0n) is 18.2. The van der Waals surface area contributed by atoms with Crippen molar-refractivity contribution in [3.63, 3.8) is 0 Å². The fourth-order valence-electron chi connectivity index (χ4n) is 3.28. The molecule has 2 aromatic heterocycles. The van der Waals surface area contributed by atoms with Gasteiger partial charge in [0.15, 0.2) is 5.82 Å². The van der Waals surface area contributed by atoms with Gasteiger partial charge in [0.05, 0.1) is 11.3 Å². The summed E-state index contributed by atoms with van der Waals surface area (Å²) in [5.41, 5.74) is 2.44. The maximum absolute atomic E-state index is 11.5. The van der Waals surface area contributed by atoms with E-state index in [-0.39, 0.29) is 11.0 Å². The molecule has 0 amide bonds. The number of rotatable bonds is 8. The fraction of sp³-hybridized carbons (Fsp3) is 0.417. The fourth-order valence-corrected chi connectivity index (χ4v) is 3.28. The Bertz CT molecular complexity index is 1000. The number of pyridine rings is 1. The first-order chi connectivity index (χ1) is 14.3. The summed E-state index contributed by atoms with van der Waals surface area (Å²) in [5.74, 6) is 0.844. The first-order valence-electron chi connectivity index (χ1n) is 10.5. The number of nitrogens with zero attached hydrogens (tertiary/aromatic N) is 4. The van der Waals surface area contributed by atoms with Crippen molar-refractivity contribution < 1.29 is 9.90 Å². The average Bonchev–Trinajstić information content (AvgIpc) is 3.12. The van der Waals surface area contributed by atoms with E-state index in [4.69, 9.17) is 10.1 Å². The van der Waals surface area contributed by atoms with Crippen LogP contribution in [0.2, 0.25) is 0 Å². The molecule has 1 aromatic carbocycles. The van der Waals surface area contributed by atoms with Crippen LogP contribution in [0.15, 0.2) is 42.6 Å². The zero-order valence-corrected chi connectivity index (χ0v) is 18.2. The van der Waals surface area contributed by atoms with Gasteiger partial charge >= 0.3 is 5.97 Å². The van der Waals surface area contributed by atoms with Crippen LogP contribution >= 0.6 is 0 Å². The topological polar surface area (TPSA) is 80.9 Å². The van der Waals surface area contributed by atoms with E-state index in [0.29, 0.717) is 17.7 Å². The van der Waals surface area contributed by atoms with Crippen molar-refractivity contribution in [1.82, 2.24) is 19.7 Å². The van der Waals surface area contributed by atoms with E-state index >= 15 is 0 Å². The Balaban J connectivity index is 1.85. The van der Waals surface area contributed by atoms with E-state index in [1.807, 2.05) is 22.9 Å². The third-order valence-corrected chi connectivity index (χ3v) is 5.01. The lowest BCUT2D eigenvalue weighted by atomic mass is 9.96. The molecule has 0 aliphatic heterocycles. The molecule has 0 radical (unpaired) electrons. The molecular formula is C24H30N4O2. The van der Waals surface area contributed by atoms with Crippen LogP contribution in [-0.4, -0.2) is 30.8 Å². The number of aromatic carboxylic acids is 1. The van der Waals surface area contributed by atoms with E-state index in [1.54, 1.807) is 24.4 Å². The average molecular weight is 407 g/mol. The van der Waals surface area contributed by atoms with Crippen LogP contribution in [0.5, 0.6) is 0 Å². The van der Waals surface area contributed by atoms with E-state index in [9.17, 15) is 9.90 Å². The maximum Gasteiger partial charge on any atom is 0.336 e. The molecule has 0 unspecified atom stereocenters. The number of benzene rings is 1. The van der Waals surface area contributed by atoms with Gasteiger partial charge in [-0.1, -0.05) is 64.8 Å². The van der Waals surface area contributed by atoms with Gasteiger partial charge in [0.2, 0.25) is 0 Å². The van der Waals surface area contributed by atoms with E-state index in [1.165, 1.54) is 12.8 Å². The van der Waals surface area contributed by atoms with Gasteiger partial charge in [-0.3, -0.25) is 4.98 Å². The van der Waals surface area contributed by atoms with Gasteiger partial charge in [0, 0.05) is 30.1 Å². The first kappa shape index (κ1) is 21.7. The Morgan fingerprint density at radius 3 is 2.50 bits per heavy atom. The van der Waals surface area contributed by atoms with Crippen LogP contribution in [0.25, 0.3) is 11.3 Å². The Hall–Kier alpha value is -3.02. The van der Waals surface area contributed by atoms with E-state index in [2.05, 4.69) is 32.7 Å². The summed E-state index contributed by atoms with van der Waals surface area (Å²) in [5, 5.41) is 14.2. The third kappa shape index (κ3) is 5.12. The lowest BCUT2D eigenvalue weighted by Gasteiger charge is -2.12. The van der Waals surface area contributed by atoms with Gasteiger partial charge in [0.25, 0.3) is 0 Å². The van der Waals surface area contributed by atoms with Crippen LogP contribution < -0.4 is 0 Å². The van der Waals surface area contributed by atoms with Crippen LogP contribution in [0.4, 0.5) is 0 Å². The molecule has 6 nitrogen and oxygen atoms in total. The number of carboxylic acids is 1. The lowest BCUT2D eigenvalue weighted by molar-refractivity contribution is 0.0697. The van der Waals surface area contributed by atoms with Crippen LogP contribution in [0.1, 0.15) is 74.5 Å². The molecule has 0 spiro atoms. The second-order valence-corrected chi connectivity index (χ2v) is 8.61. The third-order valence-electron chi connectivity index (χ3n) is 5.01. The minimum Gasteiger partial charge on any atom is -0.478 e. The summed E-state index contributed by atoms with van der Waals surface area (Å²) in [6.45, 7) is 9.43. The number of aryl methyl sites for hydroxylation is 1. The monoisotopic (exact) mass is 406 g/mol. The second kappa shape index (κ2) is 9.20. The maximum atomic E-state index is 11.5. The number of hydrogen-bond acceptors (Lipinski definition) is 4. The lowest BCUT2D eigenvalue weighted by Crippen LogP contribution is -2.14. The van der Waals surface area contributed by atoms with Crippen molar-refractivity contribution in [1.29, 1.82) is 0 Å². The first-order valence-corrected chi connectivity index (χ1v) is 10.5. The molecule has 0 saturated carbocycles. The van der Waals surface area contributed by atoms with Crippen LogP contribution in [-0.2, 0) is 18.4 Å². The predicted octanol–water partition coefficient (Wildman–Crippen LogP) is 5.12. The zero-order chi connectivity index (χ0) is 21.7. The molecule has 3 rings (SSSR count). The van der Waals surface area contributed by atoms with Crippen LogP contribution in [0, 0.1) is 0 Å². The van der Waals surface area contributed by atoms with Crippen molar-refractivity contribution in [2.75, 3.05) is 0 Å². The molecule has 158 valence electrons. The molecule has 0 saturated heterocycles. The summed E-state index contributed by atoms with van der Waals surface area (Å²) >= 11 is 0. The van der Waals surface area contributed by atoms with E-state index < -0.39 is 5.97 Å². The highest BCUT2D eigenvalue weighted by Gasteiger charge is 2.22. The highest BCUT2D eigenvalue weighted by Crippen LogP contribution is 2.23. The number of unbranched alkanes of at least 4 members (excludes halogenated alkanes) is 2. The highest BCUT2D eigenvalue weighted by molar-refractivity contribution is 5.95. The SMILES string of the molecule is CCCCCn1nc(C(C)(C)C)nc1Cc1ccc(-c2ccccc2C(=O)O)nc1. The Kier molecular flexibility index (Phi) is 6.65. The largest absolute Gasteiger partial charge is 0.478 e. The van der Waals surface area contributed by atoms with Gasteiger partial charge < -0.3 is 5.11 Å². The predicted molar refractivity (Wildman–Crippen MR) is 118 cm³/mol. The normalized spacial score (nSPS) is 11.6. The van der Waals surface area contributed by atoms with Gasteiger partial charge in [-0.2, -0.15) is 5.10 Å². The molecule has 0 aliphatic carbocycles. The molecule has 0 fully saturated rings. The van der Waals surface area contributed by atoms with Crippen molar-refractivity contribution in [2.45, 2.75) is 65.3 Å². The standard InChI is InChI=1S/C24H30N4O2/c1-5-6-9-14-28-21(26-23(27-28)24(2,3)4)15-17-12-13-20(25-16-17)18-10-7-8-11-19(18)22(29)30/h7-8,10-13,16H,5-6,9,14-15H2,1-4H3,(H,29,30). The van der Waals surface area contributed by atoms with Gasteiger partial charge in [0.1, 0.15) is 5.82 Å². The van der Waals surface area contributed by atoms with E-state index in [0.717, 1.165) is 30.2 Å². The molecule has 3 aromatic rings. The minimum absolute atomic E-state index is 0.104. The summed E-state index contributed by atoms with van der Waals surface area (Å²) in [6, 6.07) is 10.8. The Labute approximate surface area is 178 Å². The Morgan fingerprint density at radius 2 is 1.87 bits per heavy atom. The van der Waals surface area contributed by atoms with Crippen molar-refractivity contribution in [3.05, 3.63) is 65.4 Å². The molecular weight excluding hydrogens is 376 g/mol. The molecule has 6 heteroatoms. The molecule has 0 bridgehead atoms. The highest BCUT2D eigenvalue weighted by atomic mass is 16.4. The van der Waals surface area contributed by atoms with Gasteiger partial charge in [-0.25, -0.2) is 14.5 Å². The molecule has 0 atom stereocenters. The van der Waals surface area contributed by atoms with Crippen molar-refractivity contribution >= 4 is 5.97 Å². The number of hydrogen-bond donors (Lipinski definition) is 1. The quantitative estimate of drug-likeness (QED) is 0.525. The molecule has 0 aliphatic rings.